The molecule has 19 heavy (non-hydrogen) atoms. The van der Waals surface area contributed by atoms with Gasteiger partial charge in [-0.25, -0.2) is 0 Å². The molecule has 0 aliphatic heterocycles. The first-order valence-electron chi connectivity index (χ1n) is 6.73. The lowest BCUT2D eigenvalue weighted by Crippen LogP contribution is -2.00. The summed E-state index contributed by atoms with van der Waals surface area (Å²) in [4.78, 5) is 10.7. The highest BCUT2D eigenvalue weighted by molar-refractivity contribution is 7.80. The van der Waals surface area contributed by atoms with E-state index in [0.717, 1.165) is 42.7 Å². The summed E-state index contributed by atoms with van der Waals surface area (Å²) in [5, 5.41) is 10.1. The first kappa shape index (κ1) is 15.8. The Kier molecular flexibility index (Phi) is 8.05. The normalized spacial score (nSPS) is 10.4. The molecule has 0 heterocycles. The second-order valence-electron chi connectivity index (χ2n) is 4.49. The molecule has 0 aliphatic carbocycles. The van der Waals surface area contributed by atoms with Gasteiger partial charge in [0.2, 0.25) is 6.54 Å². The quantitative estimate of drug-likeness (QED) is 0.306. The number of hydrogen-bond acceptors (Lipinski definition) is 4. The molecular weight excluding hydrogens is 262 g/mol. The predicted molar refractivity (Wildman–Crippen MR) is 78.8 cm³/mol. The standard InChI is InChI=1S/C14H21NO3S/c16-15(17)11-7-3-1-2-4-8-12-18-13-9-5-6-10-14(13)19/h5-6,9-10,19H,1-4,7-8,11-12H2. The molecule has 0 bridgehead atoms. The monoisotopic (exact) mass is 283 g/mol. The molecule has 0 amide bonds. The van der Waals surface area contributed by atoms with E-state index in [-0.39, 0.29) is 11.5 Å². The van der Waals surface area contributed by atoms with Crippen molar-refractivity contribution in [3.8, 4) is 5.75 Å². The highest BCUT2D eigenvalue weighted by Crippen LogP contribution is 2.21. The molecule has 0 saturated heterocycles. The molecule has 0 atom stereocenters. The molecule has 1 rings (SSSR count). The summed E-state index contributed by atoms with van der Waals surface area (Å²) < 4.78 is 5.63. The predicted octanol–water partition coefficient (Wildman–Crippen LogP) is 3.97. The summed E-state index contributed by atoms with van der Waals surface area (Å²) >= 11 is 4.32. The fraction of sp³-hybridized carbons (Fsp3) is 0.571. The number of nitro groups is 1. The Morgan fingerprint density at radius 1 is 1.05 bits per heavy atom. The molecule has 106 valence electrons. The molecule has 0 fully saturated rings. The summed E-state index contributed by atoms with van der Waals surface area (Å²) in [5.74, 6) is 0.830. The van der Waals surface area contributed by atoms with Crippen molar-refractivity contribution >= 4 is 12.6 Å². The lowest BCUT2D eigenvalue weighted by molar-refractivity contribution is -0.480. The molecule has 1 aromatic carbocycles. The molecule has 0 unspecified atom stereocenters. The van der Waals surface area contributed by atoms with Crippen LogP contribution in [0.4, 0.5) is 0 Å². The third-order valence-corrected chi connectivity index (χ3v) is 3.23. The summed E-state index contributed by atoms with van der Waals surface area (Å²) in [6.45, 7) is 0.800. The lowest BCUT2D eigenvalue weighted by Gasteiger charge is -2.07. The number of benzene rings is 1. The van der Waals surface area contributed by atoms with E-state index in [1.54, 1.807) is 0 Å². The van der Waals surface area contributed by atoms with E-state index in [9.17, 15) is 10.1 Å². The van der Waals surface area contributed by atoms with Gasteiger partial charge in [0.25, 0.3) is 0 Å². The summed E-state index contributed by atoms with van der Waals surface area (Å²) in [6.07, 6.45) is 5.93. The molecule has 0 aromatic heterocycles. The zero-order valence-corrected chi connectivity index (χ0v) is 12.0. The molecule has 0 radical (unpaired) electrons. The van der Waals surface area contributed by atoms with Gasteiger partial charge < -0.3 is 4.74 Å². The van der Waals surface area contributed by atoms with Crippen molar-refractivity contribution in [2.75, 3.05) is 13.2 Å². The van der Waals surface area contributed by atoms with Crippen LogP contribution in [0.5, 0.6) is 5.75 Å². The van der Waals surface area contributed by atoms with Gasteiger partial charge in [-0.3, -0.25) is 10.1 Å². The molecule has 1 aromatic rings. The van der Waals surface area contributed by atoms with E-state index in [0.29, 0.717) is 13.0 Å². The van der Waals surface area contributed by atoms with Crippen molar-refractivity contribution in [2.45, 2.75) is 43.4 Å². The zero-order valence-electron chi connectivity index (χ0n) is 11.1. The van der Waals surface area contributed by atoms with Crippen LogP contribution < -0.4 is 4.74 Å². The van der Waals surface area contributed by atoms with Crippen molar-refractivity contribution in [1.29, 1.82) is 0 Å². The van der Waals surface area contributed by atoms with Gasteiger partial charge in [0.1, 0.15) is 5.75 Å². The Morgan fingerprint density at radius 2 is 1.68 bits per heavy atom. The van der Waals surface area contributed by atoms with Crippen molar-refractivity contribution in [3.05, 3.63) is 34.4 Å². The van der Waals surface area contributed by atoms with E-state index in [2.05, 4.69) is 12.6 Å². The minimum absolute atomic E-state index is 0.0990. The van der Waals surface area contributed by atoms with Crippen molar-refractivity contribution < 1.29 is 9.66 Å². The maximum Gasteiger partial charge on any atom is 0.203 e. The topological polar surface area (TPSA) is 52.4 Å². The minimum Gasteiger partial charge on any atom is -0.492 e. The maximum absolute atomic E-state index is 10.1. The van der Waals surface area contributed by atoms with Crippen LogP contribution in [0, 0.1) is 10.1 Å². The molecule has 0 N–H and O–H groups in total. The van der Waals surface area contributed by atoms with Gasteiger partial charge in [0.05, 0.1) is 6.61 Å². The van der Waals surface area contributed by atoms with Crippen LogP contribution in [-0.4, -0.2) is 18.1 Å². The summed E-state index contributed by atoms with van der Waals surface area (Å²) in [7, 11) is 0. The summed E-state index contributed by atoms with van der Waals surface area (Å²) in [6, 6.07) is 7.69. The first-order valence-corrected chi connectivity index (χ1v) is 7.17. The van der Waals surface area contributed by atoms with E-state index < -0.39 is 0 Å². The number of nitrogens with zero attached hydrogens (tertiary/aromatic N) is 1. The Labute approximate surface area is 119 Å². The number of rotatable bonds is 10. The van der Waals surface area contributed by atoms with Crippen LogP contribution in [0.1, 0.15) is 38.5 Å². The van der Waals surface area contributed by atoms with Crippen LogP contribution in [0.2, 0.25) is 0 Å². The zero-order chi connectivity index (χ0) is 13.9. The Bertz CT molecular complexity index is 385. The largest absolute Gasteiger partial charge is 0.492 e. The highest BCUT2D eigenvalue weighted by atomic mass is 32.1. The van der Waals surface area contributed by atoms with Gasteiger partial charge >= 0.3 is 0 Å². The van der Waals surface area contributed by atoms with Gasteiger partial charge in [0.15, 0.2) is 0 Å². The molecule has 0 spiro atoms. The lowest BCUT2D eigenvalue weighted by atomic mass is 10.1. The number of hydrogen-bond donors (Lipinski definition) is 1. The van der Waals surface area contributed by atoms with Crippen LogP contribution in [-0.2, 0) is 0 Å². The first-order chi connectivity index (χ1) is 9.20. The smallest absolute Gasteiger partial charge is 0.203 e. The molecule has 5 heteroatoms. The van der Waals surface area contributed by atoms with Gasteiger partial charge in [-0.15, -0.1) is 12.6 Å². The van der Waals surface area contributed by atoms with Gasteiger partial charge in [-0.05, 0) is 25.0 Å². The Balaban J connectivity index is 1.94. The average Bonchev–Trinajstić information content (AvgIpc) is 2.38. The molecule has 0 aliphatic rings. The molecular formula is C14H21NO3S. The third-order valence-electron chi connectivity index (χ3n) is 2.86. The van der Waals surface area contributed by atoms with Crippen LogP contribution in [0.3, 0.4) is 0 Å². The average molecular weight is 283 g/mol. The number of para-hydroxylation sites is 1. The number of thiol groups is 1. The number of unbranched alkanes of at least 4 members (excludes halogenated alkanes) is 5. The van der Waals surface area contributed by atoms with Gasteiger partial charge in [-0.2, -0.15) is 0 Å². The maximum atomic E-state index is 10.1. The van der Waals surface area contributed by atoms with E-state index >= 15 is 0 Å². The third kappa shape index (κ3) is 7.72. The highest BCUT2D eigenvalue weighted by Gasteiger charge is 1.99. The van der Waals surface area contributed by atoms with E-state index in [1.165, 1.54) is 0 Å². The van der Waals surface area contributed by atoms with Gasteiger partial charge in [0, 0.05) is 16.2 Å². The molecule has 0 saturated carbocycles. The Morgan fingerprint density at radius 3 is 2.37 bits per heavy atom. The van der Waals surface area contributed by atoms with Gasteiger partial charge in [-0.1, -0.05) is 31.4 Å². The molecule has 4 nitrogen and oxygen atoms in total. The number of ether oxygens (including phenoxy) is 1. The Hall–Kier alpha value is -1.23. The summed E-state index contributed by atoms with van der Waals surface area (Å²) in [5.41, 5.74) is 0. The van der Waals surface area contributed by atoms with Crippen molar-refractivity contribution in [3.63, 3.8) is 0 Å². The second kappa shape index (κ2) is 9.67. The van der Waals surface area contributed by atoms with Crippen molar-refractivity contribution in [1.82, 2.24) is 0 Å². The fourth-order valence-electron chi connectivity index (χ4n) is 1.81. The fourth-order valence-corrected chi connectivity index (χ4v) is 2.04. The second-order valence-corrected chi connectivity index (χ2v) is 4.98. The van der Waals surface area contributed by atoms with Crippen LogP contribution in [0.15, 0.2) is 29.2 Å². The van der Waals surface area contributed by atoms with E-state index in [1.807, 2.05) is 24.3 Å². The van der Waals surface area contributed by atoms with E-state index in [4.69, 9.17) is 4.74 Å². The van der Waals surface area contributed by atoms with Crippen LogP contribution >= 0.6 is 12.6 Å². The van der Waals surface area contributed by atoms with Crippen LogP contribution in [0.25, 0.3) is 0 Å². The van der Waals surface area contributed by atoms with Crippen molar-refractivity contribution in [2.24, 2.45) is 0 Å². The minimum atomic E-state index is -0.247. The SMILES string of the molecule is O=[N+]([O-])CCCCCCCCOc1ccccc1S.